The number of rotatable bonds is 2. The minimum atomic E-state index is -0.352. The molecule has 0 spiro atoms. The lowest BCUT2D eigenvalue weighted by atomic mass is 9.99. The smallest absolute Gasteiger partial charge is 0.338 e. The molecule has 3 aromatic rings. The summed E-state index contributed by atoms with van der Waals surface area (Å²) in [5, 5.41) is 0. The maximum Gasteiger partial charge on any atom is 0.338 e. The first-order chi connectivity index (χ1) is 9.69. The number of aryl methyl sites for hydroxylation is 1. The topological polar surface area (TPSA) is 52.3 Å². The number of benzene rings is 2. The maximum atomic E-state index is 11.8. The third-order valence-corrected chi connectivity index (χ3v) is 3.14. The normalized spacial score (nSPS) is 10.7. The molecule has 0 aliphatic heterocycles. The lowest BCUT2D eigenvalue weighted by Crippen LogP contribution is -2.03. The zero-order chi connectivity index (χ0) is 14.1. The summed E-state index contributed by atoms with van der Waals surface area (Å²) in [5.41, 5.74) is 3.76. The molecule has 0 atom stereocenters. The van der Waals surface area contributed by atoms with Crippen LogP contribution in [0.4, 0.5) is 0 Å². The first-order valence-electron chi connectivity index (χ1n) is 6.24. The van der Waals surface area contributed by atoms with Gasteiger partial charge < -0.3 is 9.15 Å². The van der Waals surface area contributed by atoms with Gasteiger partial charge in [-0.1, -0.05) is 24.3 Å². The summed E-state index contributed by atoms with van der Waals surface area (Å²) < 4.78 is 10.3. The Kier molecular flexibility index (Phi) is 2.99. The van der Waals surface area contributed by atoms with Crippen molar-refractivity contribution in [3.8, 4) is 11.1 Å². The molecule has 0 bridgehead atoms. The van der Waals surface area contributed by atoms with Crippen molar-refractivity contribution in [2.45, 2.75) is 6.92 Å². The van der Waals surface area contributed by atoms with Crippen LogP contribution >= 0.6 is 0 Å². The van der Waals surface area contributed by atoms with Gasteiger partial charge in [-0.25, -0.2) is 9.78 Å². The van der Waals surface area contributed by atoms with Crippen molar-refractivity contribution >= 4 is 17.1 Å². The summed E-state index contributed by atoms with van der Waals surface area (Å²) in [6.45, 7) is 1.81. The minimum absolute atomic E-state index is 0.352. The average Bonchev–Trinajstić information content (AvgIpc) is 2.85. The second-order valence-corrected chi connectivity index (χ2v) is 4.45. The zero-order valence-electron chi connectivity index (χ0n) is 11.2. The van der Waals surface area contributed by atoms with Gasteiger partial charge in [0.05, 0.1) is 12.7 Å². The fraction of sp³-hybridized carbons (Fsp3) is 0.125. The highest BCUT2D eigenvalue weighted by Crippen LogP contribution is 2.28. The SMILES string of the molecule is COC(=O)c1ccccc1-c1ccc2nc(C)oc2c1. The molecule has 0 unspecified atom stereocenters. The molecule has 0 N–H and O–H groups in total. The number of ether oxygens (including phenoxy) is 1. The van der Waals surface area contributed by atoms with Crippen LogP contribution in [-0.4, -0.2) is 18.1 Å². The van der Waals surface area contributed by atoms with Crippen molar-refractivity contribution in [2.75, 3.05) is 7.11 Å². The molecule has 4 heteroatoms. The quantitative estimate of drug-likeness (QED) is 0.666. The van der Waals surface area contributed by atoms with Gasteiger partial charge in [0.2, 0.25) is 0 Å². The summed E-state index contributed by atoms with van der Waals surface area (Å²) in [5.74, 6) is 0.271. The molecule has 100 valence electrons. The van der Waals surface area contributed by atoms with Gasteiger partial charge in [0.25, 0.3) is 0 Å². The van der Waals surface area contributed by atoms with Crippen LogP contribution in [0, 0.1) is 6.92 Å². The fourth-order valence-electron chi connectivity index (χ4n) is 2.23. The van der Waals surface area contributed by atoms with E-state index in [-0.39, 0.29) is 5.97 Å². The van der Waals surface area contributed by atoms with Crippen molar-refractivity contribution in [2.24, 2.45) is 0 Å². The van der Waals surface area contributed by atoms with Crippen LogP contribution in [0.5, 0.6) is 0 Å². The molecule has 0 saturated carbocycles. The first kappa shape index (κ1) is 12.4. The predicted molar refractivity (Wildman–Crippen MR) is 75.5 cm³/mol. The molecule has 1 aromatic heterocycles. The third kappa shape index (κ3) is 2.05. The Morgan fingerprint density at radius 2 is 2.00 bits per heavy atom. The second-order valence-electron chi connectivity index (χ2n) is 4.45. The summed E-state index contributed by atoms with van der Waals surface area (Å²) >= 11 is 0. The molecule has 20 heavy (non-hydrogen) atoms. The molecule has 0 saturated heterocycles. The maximum absolute atomic E-state index is 11.8. The fourth-order valence-corrected chi connectivity index (χ4v) is 2.23. The van der Waals surface area contributed by atoms with Gasteiger partial charge in [-0.3, -0.25) is 0 Å². The molecule has 1 heterocycles. The minimum Gasteiger partial charge on any atom is -0.465 e. The summed E-state index contributed by atoms with van der Waals surface area (Å²) in [7, 11) is 1.38. The summed E-state index contributed by atoms with van der Waals surface area (Å²) in [6, 6.07) is 13.0. The standard InChI is InChI=1S/C16H13NO3/c1-10-17-14-8-7-11(9-15(14)20-10)12-5-3-4-6-13(12)16(18)19-2/h3-9H,1-2H3. The number of carbonyl (C=O) groups is 1. The van der Waals surface area contributed by atoms with Crippen LogP contribution in [0.2, 0.25) is 0 Å². The molecule has 0 fully saturated rings. The number of esters is 1. The molecule has 0 amide bonds. The van der Waals surface area contributed by atoms with E-state index in [0.717, 1.165) is 16.6 Å². The van der Waals surface area contributed by atoms with Gasteiger partial charge in [0.1, 0.15) is 5.52 Å². The van der Waals surface area contributed by atoms with Crippen LogP contribution in [0.25, 0.3) is 22.2 Å². The Morgan fingerprint density at radius 1 is 1.20 bits per heavy atom. The van der Waals surface area contributed by atoms with Gasteiger partial charge in [-0.15, -0.1) is 0 Å². The largest absolute Gasteiger partial charge is 0.465 e. The zero-order valence-corrected chi connectivity index (χ0v) is 11.2. The Bertz CT molecular complexity index is 789. The number of oxazole rings is 1. The molecule has 0 aliphatic carbocycles. The number of hydrogen-bond acceptors (Lipinski definition) is 4. The van der Waals surface area contributed by atoms with E-state index in [1.807, 2.05) is 43.3 Å². The molecular weight excluding hydrogens is 254 g/mol. The molecule has 0 aliphatic rings. The van der Waals surface area contributed by atoms with Crippen LogP contribution in [0.1, 0.15) is 16.2 Å². The highest BCUT2D eigenvalue weighted by Gasteiger charge is 2.13. The summed E-state index contributed by atoms with van der Waals surface area (Å²) in [6.07, 6.45) is 0. The molecule has 0 radical (unpaired) electrons. The lowest BCUT2D eigenvalue weighted by Gasteiger charge is -2.07. The van der Waals surface area contributed by atoms with Crippen molar-refractivity contribution in [3.63, 3.8) is 0 Å². The highest BCUT2D eigenvalue weighted by molar-refractivity contribution is 5.98. The lowest BCUT2D eigenvalue weighted by molar-refractivity contribution is 0.0601. The van der Waals surface area contributed by atoms with Crippen LogP contribution < -0.4 is 0 Å². The number of hydrogen-bond donors (Lipinski definition) is 0. The molecule has 3 rings (SSSR count). The van der Waals surface area contributed by atoms with Crippen LogP contribution in [-0.2, 0) is 4.74 Å². The van der Waals surface area contributed by atoms with Crippen LogP contribution in [0.3, 0.4) is 0 Å². The van der Waals surface area contributed by atoms with E-state index in [1.165, 1.54) is 7.11 Å². The van der Waals surface area contributed by atoms with E-state index >= 15 is 0 Å². The Hall–Kier alpha value is -2.62. The van der Waals surface area contributed by atoms with Crippen molar-refractivity contribution in [3.05, 3.63) is 53.9 Å². The van der Waals surface area contributed by atoms with Crippen molar-refractivity contribution in [1.29, 1.82) is 0 Å². The number of methoxy groups -OCH3 is 1. The van der Waals surface area contributed by atoms with E-state index in [4.69, 9.17) is 9.15 Å². The van der Waals surface area contributed by atoms with E-state index in [0.29, 0.717) is 17.0 Å². The monoisotopic (exact) mass is 267 g/mol. The van der Waals surface area contributed by atoms with Gasteiger partial charge in [0.15, 0.2) is 11.5 Å². The third-order valence-electron chi connectivity index (χ3n) is 3.14. The van der Waals surface area contributed by atoms with Crippen molar-refractivity contribution in [1.82, 2.24) is 4.98 Å². The summed E-state index contributed by atoms with van der Waals surface area (Å²) in [4.78, 5) is 16.1. The van der Waals surface area contributed by atoms with E-state index < -0.39 is 0 Å². The van der Waals surface area contributed by atoms with Gasteiger partial charge in [0, 0.05) is 6.92 Å². The van der Waals surface area contributed by atoms with E-state index in [1.54, 1.807) is 6.07 Å². The second kappa shape index (κ2) is 4.81. The predicted octanol–water partition coefficient (Wildman–Crippen LogP) is 3.59. The average molecular weight is 267 g/mol. The van der Waals surface area contributed by atoms with Gasteiger partial charge in [-0.05, 0) is 29.3 Å². The number of carbonyl (C=O) groups excluding carboxylic acids is 1. The number of fused-ring (bicyclic) bond motifs is 1. The van der Waals surface area contributed by atoms with Crippen LogP contribution in [0.15, 0.2) is 46.9 Å². The first-order valence-corrected chi connectivity index (χ1v) is 6.24. The van der Waals surface area contributed by atoms with E-state index in [9.17, 15) is 4.79 Å². The van der Waals surface area contributed by atoms with Crippen molar-refractivity contribution < 1.29 is 13.9 Å². The molecule has 4 nitrogen and oxygen atoms in total. The van der Waals surface area contributed by atoms with Gasteiger partial charge in [-0.2, -0.15) is 0 Å². The van der Waals surface area contributed by atoms with Gasteiger partial charge >= 0.3 is 5.97 Å². The van der Waals surface area contributed by atoms with E-state index in [2.05, 4.69) is 4.98 Å². The number of aromatic nitrogens is 1. The molecular formula is C16H13NO3. The highest BCUT2D eigenvalue weighted by atomic mass is 16.5. The Morgan fingerprint density at radius 3 is 2.80 bits per heavy atom. The number of nitrogens with zero attached hydrogens (tertiary/aromatic N) is 1. The Labute approximate surface area is 116 Å². The molecule has 2 aromatic carbocycles. The Balaban J connectivity index is 2.17.